The number of carbonyl (C=O) groups is 1. The molecule has 110 valence electrons. The highest BCUT2D eigenvalue weighted by Crippen LogP contribution is 2.07. The molecule has 0 fully saturated rings. The third-order valence-corrected chi connectivity index (χ3v) is 3.16. The van der Waals surface area contributed by atoms with Crippen molar-refractivity contribution in [3.63, 3.8) is 0 Å². The van der Waals surface area contributed by atoms with Crippen LogP contribution >= 0.6 is 0 Å². The van der Waals surface area contributed by atoms with Gasteiger partial charge in [-0.05, 0) is 36.6 Å². The molecule has 0 aliphatic rings. The zero-order valence-electron chi connectivity index (χ0n) is 12.1. The minimum absolute atomic E-state index is 0.153. The number of urea groups is 1. The van der Waals surface area contributed by atoms with Gasteiger partial charge in [0.05, 0.1) is 0 Å². The summed E-state index contributed by atoms with van der Waals surface area (Å²) >= 11 is 0. The molecule has 0 aliphatic heterocycles. The number of amides is 2. The van der Waals surface area contributed by atoms with Gasteiger partial charge in [0.15, 0.2) is 6.73 Å². The molecule has 2 aromatic carbocycles. The Hall–Kier alpha value is -2.49. The first-order valence-corrected chi connectivity index (χ1v) is 7.00. The fourth-order valence-electron chi connectivity index (χ4n) is 1.97. The molecule has 0 aliphatic carbocycles. The molecule has 0 aromatic heterocycles. The molecule has 4 nitrogen and oxygen atoms in total. The van der Waals surface area contributed by atoms with Crippen LogP contribution in [0.2, 0.25) is 0 Å². The van der Waals surface area contributed by atoms with Crippen LogP contribution < -0.4 is 15.4 Å². The van der Waals surface area contributed by atoms with Crippen LogP contribution in [0.4, 0.5) is 4.79 Å². The number of aryl methyl sites for hydroxylation is 1. The molecule has 0 bridgehead atoms. The summed E-state index contributed by atoms with van der Waals surface area (Å²) in [6, 6.07) is 17.3. The normalized spacial score (nSPS) is 9.95. The number of para-hydroxylation sites is 1. The topological polar surface area (TPSA) is 50.4 Å². The van der Waals surface area contributed by atoms with Crippen molar-refractivity contribution in [3.05, 3.63) is 65.7 Å². The van der Waals surface area contributed by atoms with Crippen molar-refractivity contribution < 1.29 is 9.53 Å². The lowest BCUT2D eigenvalue weighted by Gasteiger charge is -2.10. The molecule has 0 saturated carbocycles. The second kappa shape index (κ2) is 7.94. The van der Waals surface area contributed by atoms with Crippen molar-refractivity contribution in [1.82, 2.24) is 10.6 Å². The minimum atomic E-state index is -0.223. The smallest absolute Gasteiger partial charge is 0.317 e. The van der Waals surface area contributed by atoms with Gasteiger partial charge in [-0.3, -0.25) is 0 Å². The number of rotatable bonds is 6. The number of benzene rings is 2. The summed E-state index contributed by atoms with van der Waals surface area (Å²) in [6.07, 6.45) is 0.819. The van der Waals surface area contributed by atoms with Crippen LogP contribution in [0.5, 0.6) is 5.75 Å². The Kier molecular flexibility index (Phi) is 5.64. The van der Waals surface area contributed by atoms with Crippen LogP contribution in [0.25, 0.3) is 0 Å². The standard InChI is InChI=1S/C17H20N2O2/c1-14-7-5-6-8-15(14)11-12-18-17(20)19-13-21-16-9-3-2-4-10-16/h2-10H,11-13H2,1H3,(H2,18,19,20). The third-order valence-electron chi connectivity index (χ3n) is 3.16. The number of ether oxygens (including phenoxy) is 1. The van der Waals surface area contributed by atoms with E-state index in [2.05, 4.69) is 29.7 Å². The monoisotopic (exact) mass is 284 g/mol. The Labute approximate surface area is 125 Å². The van der Waals surface area contributed by atoms with Gasteiger partial charge in [-0.2, -0.15) is 0 Å². The second-order valence-electron chi connectivity index (χ2n) is 4.71. The van der Waals surface area contributed by atoms with E-state index in [-0.39, 0.29) is 12.8 Å². The summed E-state index contributed by atoms with van der Waals surface area (Å²) < 4.78 is 5.39. The molecule has 0 radical (unpaired) electrons. The van der Waals surface area contributed by atoms with Gasteiger partial charge in [-0.1, -0.05) is 42.5 Å². The van der Waals surface area contributed by atoms with E-state index in [4.69, 9.17) is 4.74 Å². The number of nitrogens with one attached hydrogen (secondary N) is 2. The van der Waals surface area contributed by atoms with Crippen molar-refractivity contribution in [2.75, 3.05) is 13.3 Å². The van der Waals surface area contributed by atoms with E-state index >= 15 is 0 Å². The van der Waals surface area contributed by atoms with Gasteiger partial charge >= 0.3 is 6.03 Å². The fraction of sp³-hybridized carbons (Fsp3) is 0.235. The van der Waals surface area contributed by atoms with Crippen LogP contribution in [0.15, 0.2) is 54.6 Å². The maximum Gasteiger partial charge on any atom is 0.317 e. The first-order chi connectivity index (χ1) is 10.3. The first-order valence-electron chi connectivity index (χ1n) is 7.00. The van der Waals surface area contributed by atoms with E-state index in [0.29, 0.717) is 6.54 Å². The van der Waals surface area contributed by atoms with Crippen LogP contribution in [-0.4, -0.2) is 19.3 Å². The van der Waals surface area contributed by atoms with E-state index in [1.807, 2.05) is 42.5 Å². The molecule has 21 heavy (non-hydrogen) atoms. The van der Waals surface area contributed by atoms with E-state index in [1.54, 1.807) is 0 Å². The molecule has 0 saturated heterocycles. The average molecular weight is 284 g/mol. The van der Waals surface area contributed by atoms with Crippen LogP contribution in [-0.2, 0) is 6.42 Å². The predicted octanol–water partition coefficient (Wildman–Crippen LogP) is 2.87. The molecular weight excluding hydrogens is 264 g/mol. The SMILES string of the molecule is Cc1ccccc1CCNC(=O)NCOc1ccccc1. The maximum atomic E-state index is 11.6. The van der Waals surface area contributed by atoms with E-state index in [9.17, 15) is 4.79 Å². The van der Waals surface area contributed by atoms with Crippen LogP contribution in [0, 0.1) is 6.92 Å². The lowest BCUT2D eigenvalue weighted by Crippen LogP contribution is -2.38. The molecule has 2 N–H and O–H groups in total. The third kappa shape index (κ3) is 5.18. The molecule has 2 aromatic rings. The lowest BCUT2D eigenvalue weighted by atomic mass is 10.1. The highest BCUT2D eigenvalue weighted by Gasteiger charge is 2.01. The summed E-state index contributed by atoms with van der Waals surface area (Å²) in [5.74, 6) is 0.734. The Morgan fingerprint density at radius 1 is 1.00 bits per heavy atom. The predicted molar refractivity (Wildman–Crippen MR) is 83.4 cm³/mol. The summed E-state index contributed by atoms with van der Waals surface area (Å²) in [4.78, 5) is 11.6. The Morgan fingerprint density at radius 2 is 1.71 bits per heavy atom. The molecule has 0 spiro atoms. The maximum absolute atomic E-state index is 11.6. The van der Waals surface area contributed by atoms with Crippen molar-refractivity contribution in [2.24, 2.45) is 0 Å². The van der Waals surface area contributed by atoms with Crippen LogP contribution in [0.1, 0.15) is 11.1 Å². The molecule has 0 atom stereocenters. The highest BCUT2D eigenvalue weighted by atomic mass is 16.5. The zero-order chi connectivity index (χ0) is 14.9. The van der Waals surface area contributed by atoms with Crippen molar-refractivity contribution in [1.29, 1.82) is 0 Å². The van der Waals surface area contributed by atoms with E-state index in [1.165, 1.54) is 11.1 Å². The summed E-state index contributed by atoms with van der Waals surface area (Å²) in [7, 11) is 0. The highest BCUT2D eigenvalue weighted by molar-refractivity contribution is 5.73. The Bertz CT molecular complexity index is 570. The van der Waals surface area contributed by atoms with Gasteiger partial charge in [0, 0.05) is 6.54 Å². The first kappa shape index (κ1) is 14.9. The summed E-state index contributed by atoms with van der Waals surface area (Å²) in [5, 5.41) is 5.47. The fourth-order valence-corrected chi connectivity index (χ4v) is 1.97. The van der Waals surface area contributed by atoms with Crippen molar-refractivity contribution in [3.8, 4) is 5.75 Å². The Balaban J connectivity index is 1.63. The quantitative estimate of drug-likeness (QED) is 0.801. The Morgan fingerprint density at radius 3 is 2.48 bits per heavy atom. The van der Waals surface area contributed by atoms with E-state index < -0.39 is 0 Å². The van der Waals surface area contributed by atoms with Crippen molar-refractivity contribution >= 4 is 6.03 Å². The number of hydrogen-bond donors (Lipinski definition) is 2. The number of carbonyl (C=O) groups excluding carboxylic acids is 1. The van der Waals surface area contributed by atoms with Crippen molar-refractivity contribution in [2.45, 2.75) is 13.3 Å². The molecule has 2 amide bonds. The minimum Gasteiger partial charge on any atom is -0.473 e. The van der Waals surface area contributed by atoms with Gasteiger partial charge in [0.1, 0.15) is 5.75 Å². The average Bonchev–Trinajstić information content (AvgIpc) is 2.50. The molecule has 0 unspecified atom stereocenters. The largest absolute Gasteiger partial charge is 0.473 e. The molecule has 4 heteroatoms. The van der Waals surface area contributed by atoms with Gasteiger partial charge < -0.3 is 15.4 Å². The van der Waals surface area contributed by atoms with Gasteiger partial charge in [0.2, 0.25) is 0 Å². The van der Waals surface area contributed by atoms with Gasteiger partial charge in [0.25, 0.3) is 0 Å². The van der Waals surface area contributed by atoms with E-state index in [0.717, 1.165) is 12.2 Å². The number of hydrogen-bond acceptors (Lipinski definition) is 2. The lowest BCUT2D eigenvalue weighted by molar-refractivity contribution is 0.224. The second-order valence-corrected chi connectivity index (χ2v) is 4.71. The van der Waals surface area contributed by atoms with Crippen LogP contribution in [0.3, 0.4) is 0 Å². The molecule has 2 rings (SSSR count). The summed E-state index contributed by atoms with van der Waals surface area (Å²) in [5.41, 5.74) is 2.49. The zero-order valence-corrected chi connectivity index (χ0v) is 12.1. The molecule has 0 heterocycles. The van der Waals surface area contributed by atoms with Gasteiger partial charge in [-0.15, -0.1) is 0 Å². The summed E-state index contributed by atoms with van der Waals surface area (Å²) in [6.45, 7) is 2.82. The molecular formula is C17H20N2O2. The van der Waals surface area contributed by atoms with Gasteiger partial charge in [-0.25, -0.2) is 4.79 Å².